The lowest BCUT2D eigenvalue weighted by Crippen LogP contribution is -2.49. The smallest absolute Gasteiger partial charge is 0.416 e. The number of piperazine rings is 1. The SMILES string of the molecule is COc1ccc(CN(Cc2cccc(C(F)(F)F)c2)Cc2nc(C(=O)N3CCN(c4ccccc4F)CC3)cs2)c(OC)c1. The molecule has 0 unspecified atom stereocenters. The number of rotatable bonds is 10. The van der Waals surface area contributed by atoms with Crippen LogP contribution < -0.4 is 14.4 Å². The van der Waals surface area contributed by atoms with Gasteiger partial charge in [-0.25, -0.2) is 9.37 Å². The largest absolute Gasteiger partial charge is 0.497 e. The Morgan fingerprint density at radius 3 is 2.41 bits per heavy atom. The summed E-state index contributed by atoms with van der Waals surface area (Å²) < 4.78 is 65.3. The van der Waals surface area contributed by atoms with Crippen LogP contribution in [0.15, 0.2) is 72.1 Å². The van der Waals surface area contributed by atoms with Gasteiger partial charge in [0.05, 0.1) is 32.0 Å². The first-order valence-electron chi connectivity index (χ1n) is 14.0. The Morgan fingerprint density at radius 1 is 0.932 bits per heavy atom. The van der Waals surface area contributed by atoms with Gasteiger partial charge in [0.2, 0.25) is 0 Å². The molecule has 1 fully saturated rings. The minimum absolute atomic E-state index is 0.207. The second-order valence-corrected chi connectivity index (χ2v) is 11.3. The third-order valence-corrected chi connectivity index (χ3v) is 8.27. The van der Waals surface area contributed by atoms with Crippen molar-refractivity contribution in [2.45, 2.75) is 25.8 Å². The van der Waals surface area contributed by atoms with E-state index in [2.05, 4.69) is 4.98 Å². The zero-order valence-electron chi connectivity index (χ0n) is 24.3. The van der Waals surface area contributed by atoms with E-state index in [-0.39, 0.29) is 18.3 Å². The molecular weight excluding hydrogens is 596 g/mol. The maximum atomic E-state index is 14.2. The van der Waals surface area contributed by atoms with Crippen molar-refractivity contribution in [1.82, 2.24) is 14.8 Å². The minimum atomic E-state index is -4.45. The molecule has 2 heterocycles. The van der Waals surface area contributed by atoms with Crippen molar-refractivity contribution < 1.29 is 31.8 Å². The van der Waals surface area contributed by atoms with E-state index in [0.29, 0.717) is 72.7 Å². The summed E-state index contributed by atoms with van der Waals surface area (Å²) in [5, 5.41) is 2.36. The number of carbonyl (C=O) groups is 1. The normalized spacial score (nSPS) is 13.8. The van der Waals surface area contributed by atoms with Crippen molar-refractivity contribution in [2.24, 2.45) is 0 Å². The van der Waals surface area contributed by atoms with Crippen LogP contribution in [0.5, 0.6) is 11.5 Å². The summed E-state index contributed by atoms with van der Waals surface area (Å²) in [6.45, 7) is 2.71. The molecule has 0 saturated carbocycles. The summed E-state index contributed by atoms with van der Waals surface area (Å²) in [7, 11) is 3.10. The van der Waals surface area contributed by atoms with Crippen LogP contribution in [-0.2, 0) is 25.8 Å². The van der Waals surface area contributed by atoms with E-state index in [4.69, 9.17) is 9.47 Å². The molecule has 1 aromatic heterocycles. The van der Waals surface area contributed by atoms with Crippen LogP contribution in [0.25, 0.3) is 0 Å². The predicted octanol–water partition coefficient (Wildman–Crippen LogP) is 6.48. The molecule has 12 heteroatoms. The first-order chi connectivity index (χ1) is 21.1. The van der Waals surface area contributed by atoms with Gasteiger partial charge in [0.25, 0.3) is 5.91 Å². The van der Waals surface area contributed by atoms with Crippen LogP contribution in [0, 0.1) is 5.82 Å². The summed E-state index contributed by atoms with van der Waals surface area (Å²) in [6.07, 6.45) is -4.45. The summed E-state index contributed by atoms with van der Waals surface area (Å²) in [5.74, 6) is 0.705. The third kappa shape index (κ3) is 7.48. The van der Waals surface area contributed by atoms with Crippen molar-refractivity contribution in [1.29, 1.82) is 0 Å². The van der Waals surface area contributed by atoms with Crippen LogP contribution in [0.1, 0.15) is 32.2 Å². The second kappa shape index (κ2) is 13.6. The number of carbonyl (C=O) groups excluding carboxylic acids is 1. The number of hydrogen-bond acceptors (Lipinski definition) is 7. The number of thiazole rings is 1. The van der Waals surface area contributed by atoms with Crippen LogP contribution in [-0.4, -0.2) is 61.1 Å². The Balaban J connectivity index is 1.31. The summed E-state index contributed by atoms with van der Waals surface area (Å²) in [5.41, 5.74) is 1.43. The number of alkyl halides is 3. The molecule has 4 aromatic rings. The number of halogens is 4. The lowest BCUT2D eigenvalue weighted by Gasteiger charge is -2.35. The Labute approximate surface area is 257 Å². The molecule has 1 aliphatic heterocycles. The van der Waals surface area contributed by atoms with Gasteiger partial charge in [-0.3, -0.25) is 9.69 Å². The molecule has 1 amide bonds. The van der Waals surface area contributed by atoms with Crippen molar-refractivity contribution in [3.63, 3.8) is 0 Å². The zero-order chi connectivity index (χ0) is 31.3. The van der Waals surface area contributed by atoms with E-state index in [1.165, 1.54) is 23.5 Å². The molecule has 5 rings (SSSR count). The fraction of sp³-hybridized carbons (Fsp3) is 0.312. The van der Waals surface area contributed by atoms with Gasteiger partial charge in [0, 0.05) is 56.3 Å². The molecule has 232 valence electrons. The van der Waals surface area contributed by atoms with E-state index in [1.807, 2.05) is 15.9 Å². The van der Waals surface area contributed by atoms with Crippen molar-refractivity contribution >= 4 is 22.9 Å². The number of amides is 1. The van der Waals surface area contributed by atoms with Gasteiger partial charge in [0.15, 0.2) is 0 Å². The molecule has 7 nitrogen and oxygen atoms in total. The Kier molecular flexibility index (Phi) is 9.70. The second-order valence-electron chi connectivity index (χ2n) is 10.4. The molecule has 0 aliphatic carbocycles. The third-order valence-electron chi connectivity index (χ3n) is 7.44. The van der Waals surface area contributed by atoms with Crippen LogP contribution in [0.4, 0.5) is 23.2 Å². The van der Waals surface area contributed by atoms with E-state index in [0.717, 1.165) is 17.7 Å². The fourth-order valence-electron chi connectivity index (χ4n) is 5.19. The highest BCUT2D eigenvalue weighted by Gasteiger charge is 2.31. The molecule has 0 N–H and O–H groups in total. The Morgan fingerprint density at radius 2 is 1.70 bits per heavy atom. The Hall–Kier alpha value is -4.16. The first-order valence-corrected chi connectivity index (χ1v) is 14.8. The first kappa shape index (κ1) is 31.3. The van der Waals surface area contributed by atoms with E-state index >= 15 is 0 Å². The maximum absolute atomic E-state index is 14.2. The molecule has 0 spiro atoms. The molecule has 0 bridgehead atoms. The topological polar surface area (TPSA) is 58.1 Å². The van der Waals surface area contributed by atoms with Gasteiger partial charge in [0.1, 0.15) is 28.0 Å². The van der Waals surface area contributed by atoms with Gasteiger partial charge < -0.3 is 19.3 Å². The van der Waals surface area contributed by atoms with Crippen molar-refractivity contribution in [2.75, 3.05) is 45.3 Å². The minimum Gasteiger partial charge on any atom is -0.497 e. The molecule has 0 atom stereocenters. The molecule has 3 aromatic carbocycles. The number of ether oxygens (including phenoxy) is 2. The predicted molar refractivity (Wildman–Crippen MR) is 161 cm³/mol. The Bertz CT molecular complexity index is 1590. The molecule has 0 radical (unpaired) electrons. The fourth-order valence-corrected chi connectivity index (χ4v) is 6.00. The summed E-state index contributed by atoms with van der Waals surface area (Å²) in [4.78, 5) is 23.5. The standard InChI is InChI=1S/C32H32F4N4O3S/c1-42-25-11-10-23(29(17-25)43-2)19-38(18-22-6-5-7-24(16-22)32(34,35)36)20-30-37-27(21-44-30)31(41)40-14-12-39(13-15-40)28-9-4-3-8-26(28)33/h3-11,16-17,21H,12-15,18-20H2,1-2H3. The quantitative estimate of drug-likeness (QED) is 0.188. The summed E-state index contributed by atoms with van der Waals surface area (Å²) in [6, 6.07) is 17.2. The van der Waals surface area contributed by atoms with Gasteiger partial charge >= 0.3 is 6.18 Å². The van der Waals surface area contributed by atoms with E-state index in [1.54, 1.807) is 60.9 Å². The van der Waals surface area contributed by atoms with E-state index < -0.39 is 11.7 Å². The van der Waals surface area contributed by atoms with Crippen LogP contribution in [0.3, 0.4) is 0 Å². The average Bonchev–Trinajstić information content (AvgIpc) is 3.49. The average molecular weight is 629 g/mol. The van der Waals surface area contributed by atoms with Crippen LogP contribution >= 0.6 is 11.3 Å². The number of para-hydroxylation sites is 1. The highest BCUT2D eigenvalue weighted by molar-refractivity contribution is 7.09. The zero-order valence-corrected chi connectivity index (χ0v) is 25.1. The number of benzene rings is 3. The number of hydrogen-bond donors (Lipinski definition) is 0. The van der Waals surface area contributed by atoms with Gasteiger partial charge in [-0.15, -0.1) is 11.3 Å². The molecular formula is C32H32F4N4O3S. The lowest BCUT2D eigenvalue weighted by molar-refractivity contribution is -0.137. The highest BCUT2D eigenvalue weighted by atomic mass is 32.1. The van der Waals surface area contributed by atoms with Gasteiger partial charge in [-0.2, -0.15) is 13.2 Å². The maximum Gasteiger partial charge on any atom is 0.416 e. The number of nitrogens with zero attached hydrogens (tertiary/aromatic N) is 4. The number of aromatic nitrogens is 1. The van der Waals surface area contributed by atoms with Crippen molar-refractivity contribution in [3.05, 3.63) is 105 Å². The summed E-state index contributed by atoms with van der Waals surface area (Å²) >= 11 is 1.32. The molecule has 1 saturated heterocycles. The molecule has 44 heavy (non-hydrogen) atoms. The monoisotopic (exact) mass is 628 g/mol. The highest BCUT2D eigenvalue weighted by Crippen LogP contribution is 2.31. The lowest BCUT2D eigenvalue weighted by atomic mass is 10.1. The van der Waals surface area contributed by atoms with Crippen molar-refractivity contribution in [3.8, 4) is 11.5 Å². The number of methoxy groups -OCH3 is 2. The number of anilines is 1. The molecule has 1 aliphatic rings. The van der Waals surface area contributed by atoms with Gasteiger partial charge in [-0.1, -0.05) is 36.4 Å². The van der Waals surface area contributed by atoms with Crippen LogP contribution in [0.2, 0.25) is 0 Å². The van der Waals surface area contributed by atoms with Gasteiger partial charge in [-0.05, 0) is 29.8 Å². The van der Waals surface area contributed by atoms with E-state index in [9.17, 15) is 22.4 Å².